The quantitative estimate of drug-likeness (QED) is 0.830. The van der Waals surface area contributed by atoms with E-state index < -0.39 is 0 Å². The Labute approximate surface area is 132 Å². The number of hydrogen-bond donors (Lipinski definition) is 0. The Morgan fingerprint density at radius 3 is 2.86 bits per heavy atom. The number of aromatic nitrogens is 2. The third kappa shape index (κ3) is 3.45. The van der Waals surface area contributed by atoms with E-state index in [4.69, 9.17) is 9.15 Å². The van der Waals surface area contributed by atoms with Gasteiger partial charge in [0.05, 0.1) is 19.4 Å². The van der Waals surface area contributed by atoms with Crippen LogP contribution >= 0.6 is 11.3 Å². The van der Waals surface area contributed by atoms with Crippen molar-refractivity contribution < 1.29 is 13.9 Å². The first kappa shape index (κ1) is 15.0. The average Bonchev–Trinajstić information content (AvgIpc) is 3.20. The first-order valence-corrected chi connectivity index (χ1v) is 8.08. The number of furan rings is 1. The molecule has 0 saturated carbocycles. The maximum Gasteiger partial charge on any atom is 0.294 e. The van der Waals surface area contributed by atoms with Gasteiger partial charge in [-0.05, 0) is 19.1 Å². The number of rotatable bonds is 5. The zero-order chi connectivity index (χ0) is 15.4. The van der Waals surface area contributed by atoms with Crippen molar-refractivity contribution in [1.29, 1.82) is 0 Å². The molecule has 2 aromatic rings. The van der Waals surface area contributed by atoms with E-state index in [0.717, 1.165) is 24.6 Å². The highest BCUT2D eigenvalue weighted by atomic mass is 32.1. The molecule has 2 aromatic heterocycles. The van der Waals surface area contributed by atoms with Crippen molar-refractivity contribution in [3.05, 3.63) is 29.2 Å². The molecule has 8 heteroatoms. The monoisotopic (exact) mass is 322 g/mol. The molecular formula is C14H18N4O3S. The van der Waals surface area contributed by atoms with Crippen LogP contribution in [0.4, 0.5) is 0 Å². The highest BCUT2D eigenvalue weighted by Gasteiger charge is 2.24. The SMILES string of the molecule is CCOc1nnc(CN2CCN(C(=O)c3ccco3)CC2)s1. The zero-order valence-corrected chi connectivity index (χ0v) is 13.2. The molecular weight excluding hydrogens is 304 g/mol. The molecule has 1 aliphatic heterocycles. The van der Waals surface area contributed by atoms with Crippen LogP contribution in [0.25, 0.3) is 0 Å². The van der Waals surface area contributed by atoms with Crippen LogP contribution in [0, 0.1) is 0 Å². The molecule has 1 saturated heterocycles. The molecule has 0 aromatic carbocycles. The number of nitrogens with zero attached hydrogens (tertiary/aromatic N) is 4. The van der Waals surface area contributed by atoms with Crippen LogP contribution in [0.5, 0.6) is 5.19 Å². The van der Waals surface area contributed by atoms with E-state index in [2.05, 4.69) is 15.1 Å². The fraction of sp³-hybridized carbons (Fsp3) is 0.500. The van der Waals surface area contributed by atoms with Gasteiger partial charge in [0.1, 0.15) is 5.01 Å². The van der Waals surface area contributed by atoms with Crippen molar-refractivity contribution in [2.24, 2.45) is 0 Å². The minimum Gasteiger partial charge on any atom is -0.469 e. The minimum atomic E-state index is -0.0424. The predicted molar refractivity (Wildman–Crippen MR) is 81.0 cm³/mol. The van der Waals surface area contributed by atoms with Crippen molar-refractivity contribution in [3.8, 4) is 5.19 Å². The maximum absolute atomic E-state index is 12.2. The van der Waals surface area contributed by atoms with Crippen LogP contribution in [0.15, 0.2) is 22.8 Å². The van der Waals surface area contributed by atoms with E-state index in [-0.39, 0.29) is 5.91 Å². The lowest BCUT2D eigenvalue weighted by Crippen LogP contribution is -2.48. The number of piperazine rings is 1. The van der Waals surface area contributed by atoms with Crippen LogP contribution in [0.2, 0.25) is 0 Å². The molecule has 0 bridgehead atoms. The Balaban J connectivity index is 1.50. The van der Waals surface area contributed by atoms with Crippen LogP contribution in [-0.2, 0) is 6.54 Å². The summed E-state index contributed by atoms with van der Waals surface area (Å²) in [5, 5.41) is 9.68. The van der Waals surface area contributed by atoms with Gasteiger partial charge in [-0.15, -0.1) is 10.2 Å². The van der Waals surface area contributed by atoms with Crippen LogP contribution in [0.3, 0.4) is 0 Å². The molecule has 0 radical (unpaired) electrons. The van der Waals surface area contributed by atoms with Crippen LogP contribution in [-0.4, -0.2) is 58.7 Å². The van der Waals surface area contributed by atoms with E-state index in [1.165, 1.54) is 17.6 Å². The Morgan fingerprint density at radius 1 is 1.36 bits per heavy atom. The molecule has 0 atom stereocenters. The number of carbonyl (C=O) groups is 1. The molecule has 0 aliphatic carbocycles. The molecule has 1 aliphatic rings. The fourth-order valence-corrected chi connectivity index (χ4v) is 3.13. The summed E-state index contributed by atoms with van der Waals surface area (Å²) in [6.07, 6.45) is 1.52. The predicted octanol–water partition coefficient (Wildman–Crippen LogP) is 1.49. The summed E-state index contributed by atoms with van der Waals surface area (Å²) in [6, 6.07) is 3.43. The molecule has 0 unspecified atom stereocenters. The number of ether oxygens (including phenoxy) is 1. The van der Waals surface area contributed by atoms with E-state index in [9.17, 15) is 4.79 Å². The number of amides is 1. The third-order valence-corrected chi connectivity index (χ3v) is 4.29. The van der Waals surface area contributed by atoms with Gasteiger partial charge in [0.15, 0.2) is 5.76 Å². The second-order valence-electron chi connectivity index (χ2n) is 4.94. The van der Waals surface area contributed by atoms with Crippen molar-refractivity contribution in [3.63, 3.8) is 0 Å². The molecule has 3 heterocycles. The lowest BCUT2D eigenvalue weighted by Gasteiger charge is -2.33. The van der Waals surface area contributed by atoms with Gasteiger partial charge in [0, 0.05) is 26.2 Å². The van der Waals surface area contributed by atoms with E-state index in [1.54, 1.807) is 12.1 Å². The summed E-state index contributed by atoms with van der Waals surface area (Å²) in [6.45, 7) is 6.28. The Bertz CT molecular complexity index is 605. The lowest BCUT2D eigenvalue weighted by molar-refractivity contribution is 0.0597. The second kappa shape index (κ2) is 6.89. The molecule has 3 rings (SSSR count). The first-order chi connectivity index (χ1) is 10.8. The van der Waals surface area contributed by atoms with Crippen molar-refractivity contribution >= 4 is 17.2 Å². The molecule has 7 nitrogen and oxygen atoms in total. The van der Waals surface area contributed by atoms with Gasteiger partial charge in [0.25, 0.3) is 11.1 Å². The minimum absolute atomic E-state index is 0.0424. The molecule has 1 amide bonds. The van der Waals surface area contributed by atoms with Gasteiger partial charge in [-0.25, -0.2) is 0 Å². The number of hydrogen-bond acceptors (Lipinski definition) is 7. The van der Waals surface area contributed by atoms with E-state index in [1.807, 2.05) is 11.8 Å². The summed E-state index contributed by atoms with van der Waals surface area (Å²) >= 11 is 1.47. The van der Waals surface area contributed by atoms with Gasteiger partial charge < -0.3 is 14.1 Å². The molecule has 22 heavy (non-hydrogen) atoms. The summed E-state index contributed by atoms with van der Waals surface area (Å²) in [5.74, 6) is 0.359. The van der Waals surface area contributed by atoms with Crippen molar-refractivity contribution in [2.75, 3.05) is 32.8 Å². The molecule has 118 valence electrons. The zero-order valence-electron chi connectivity index (χ0n) is 12.4. The van der Waals surface area contributed by atoms with Gasteiger partial charge in [-0.1, -0.05) is 11.3 Å². The third-order valence-electron chi connectivity index (χ3n) is 3.47. The Kier molecular flexibility index (Phi) is 4.69. The fourth-order valence-electron chi connectivity index (χ4n) is 2.34. The summed E-state index contributed by atoms with van der Waals surface area (Å²) < 4.78 is 10.5. The topological polar surface area (TPSA) is 71.7 Å². The Morgan fingerprint density at radius 2 is 2.18 bits per heavy atom. The van der Waals surface area contributed by atoms with E-state index in [0.29, 0.717) is 30.7 Å². The van der Waals surface area contributed by atoms with Crippen LogP contribution < -0.4 is 4.74 Å². The second-order valence-corrected chi connectivity index (χ2v) is 5.96. The van der Waals surface area contributed by atoms with Crippen molar-refractivity contribution in [2.45, 2.75) is 13.5 Å². The highest BCUT2D eigenvalue weighted by Crippen LogP contribution is 2.20. The van der Waals surface area contributed by atoms with Gasteiger partial charge in [0.2, 0.25) is 0 Å². The van der Waals surface area contributed by atoms with Crippen LogP contribution in [0.1, 0.15) is 22.5 Å². The summed E-state index contributed by atoms with van der Waals surface area (Å²) in [7, 11) is 0. The molecule has 1 fully saturated rings. The van der Waals surface area contributed by atoms with Crippen molar-refractivity contribution in [1.82, 2.24) is 20.0 Å². The highest BCUT2D eigenvalue weighted by molar-refractivity contribution is 7.13. The summed E-state index contributed by atoms with van der Waals surface area (Å²) in [5.41, 5.74) is 0. The normalized spacial score (nSPS) is 16.0. The van der Waals surface area contributed by atoms with Gasteiger partial charge in [-0.3, -0.25) is 9.69 Å². The number of carbonyl (C=O) groups excluding carboxylic acids is 1. The Hall–Kier alpha value is -1.93. The maximum atomic E-state index is 12.2. The largest absolute Gasteiger partial charge is 0.469 e. The standard InChI is InChI=1S/C14H18N4O3S/c1-2-20-14-16-15-12(22-14)10-17-5-7-18(8-6-17)13(19)11-4-3-9-21-11/h3-4,9H,2,5-8,10H2,1H3. The van der Waals surface area contributed by atoms with Gasteiger partial charge in [-0.2, -0.15) is 0 Å². The first-order valence-electron chi connectivity index (χ1n) is 7.26. The average molecular weight is 322 g/mol. The summed E-state index contributed by atoms with van der Waals surface area (Å²) in [4.78, 5) is 16.3. The lowest BCUT2D eigenvalue weighted by atomic mass is 10.3. The smallest absolute Gasteiger partial charge is 0.294 e. The van der Waals surface area contributed by atoms with E-state index >= 15 is 0 Å². The molecule has 0 N–H and O–H groups in total. The van der Waals surface area contributed by atoms with Gasteiger partial charge >= 0.3 is 0 Å². The molecule has 0 spiro atoms.